The molecule has 0 aliphatic rings. The van der Waals surface area contributed by atoms with Crippen LogP contribution in [-0.2, 0) is 6.42 Å². The van der Waals surface area contributed by atoms with Crippen LogP contribution in [0.1, 0.15) is 15.9 Å². The molecule has 0 bridgehead atoms. The van der Waals surface area contributed by atoms with Crippen molar-refractivity contribution in [3.05, 3.63) is 69.5 Å². The Morgan fingerprint density at radius 3 is 2.46 bits per heavy atom. The number of benzene rings is 2. The van der Waals surface area contributed by atoms with Crippen LogP contribution in [0.5, 0.6) is 0 Å². The number of hydrogen-bond donors (Lipinski definition) is 1. The molecule has 0 aromatic heterocycles. The van der Waals surface area contributed by atoms with Crippen LogP contribution in [0.15, 0.2) is 42.5 Å². The first-order chi connectivity index (χ1) is 11.4. The van der Waals surface area contributed by atoms with Gasteiger partial charge >= 0.3 is 0 Å². The van der Waals surface area contributed by atoms with E-state index in [0.717, 1.165) is 5.56 Å². The van der Waals surface area contributed by atoms with Gasteiger partial charge in [-0.2, -0.15) is 0 Å². The van der Waals surface area contributed by atoms with Gasteiger partial charge in [0, 0.05) is 32.3 Å². The molecule has 6 nitrogen and oxygen atoms in total. The van der Waals surface area contributed by atoms with E-state index in [9.17, 15) is 19.3 Å². The molecule has 0 saturated heterocycles. The van der Waals surface area contributed by atoms with E-state index >= 15 is 0 Å². The van der Waals surface area contributed by atoms with Crippen molar-refractivity contribution in [2.75, 3.05) is 25.5 Å². The number of carbonyl (C=O) groups excluding carboxylic acids is 1. The second kappa shape index (κ2) is 7.54. The Hall–Kier alpha value is -2.96. The summed E-state index contributed by atoms with van der Waals surface area (Å²) < 4.78 is 12.8. The minimum absolute atomic E-state index is 0.119. The van der Waals surface area contributed by atoms with Crippen LogP contribution in [0, 0.1) is 15.9 Å². The van der Waals surface area contributed by atoms with E-state index in [-0.39, 0.29) is 23.0 Å². The highest BCUT2D eigenvalue weighted by Gasteiger charge is 2.18. The average molecular weight is 331 g/mol. The van der Waals surface area contributed by atoms with E-state index < -0.39 is 4.92 Å². The lowest BCUT2D eigenvalue weighted by Gasteiger charge is -2.13. The molecule has 0 atom stereocenters. The lowest BCUT2D eigenvalue weighted by atomic mass is 10.1. The van der Waals surface area contributed by atoms with Gasteiger partial charge in [0.2, 0.25) is 0 Å². The molecule has 0 saturated carbocycles. The molecule has 0 fully saturated rings. The predicted molar refractivity (Wildman–Crippen MR) is 89.9 cm³/mol. The number of halogens is 1. The zero-order chi connectivity index (χ0) is 17.7. The van der Waals surface area contributed by atoms with Crippen molar-refractivity contribution in [2.24, 2.45) is 0 Å². The third-order valence-corrected chi connectivity index (χ3v) is 3.53. The number of nitro benzene ring substituents is 1. The Labute approximate surface area is 139 Å². The van der Waals surface area contributed by atoms with Crippen molar-refractivity contribution in [1.29, 1.82) is 0 Å². The third kappa shape index (κ3) is 4.28. The van der Waals surface area contributed by atoms with Gasteiger partial charge < -0.3 is 10.2 Å². The third-order valence-electron chi connectivity index (χ3n) is 3.53. The highest BCUT2D eigenvalue weighted by Crippen LogP contribution is 2.27. The Kier molecular flexibility index (Phi) is 5.47. The number of anilines is 1. The summed E-state index contributed by atoms with van der Waals surface area (Å²) in [4.78, 5) is 24.4. The number of nitro groups is 1. The van der Waals surface area contributed by atoms with E-state index in [1.807, 2.05) is 0 Å². The van der Waals surface area contributed by atoms with Gasteiger partial charge in [-0.05, 0) is 36.2 Å². The maximum absolute atomic E-state index is 12.8. The Balaban J connectivity index is 2.03. The fourth-order valence-corrected chi connectivity index (χ4v) is 2.26. The van der Waals surface area contributed by atoms with Gasteiger partial charge in [0.05, 0.1) is 4.92 Å². The van der Waals surface area contributed by atoms with Gasteiger partial charge in [0.15, 0.2) is 0 Å². The first kappa shape index (κ1) is 17.4. The fourth-order valence-electron chi connectivity index (χ4n) is 2.26. The van der Waals surface area contributed by atoms with Crippen LogP contribution in [0.3, 0.4) is 0 Å². The summed E-state index contributed by atoms with van der Waals surface area (Å²) >= 11 is 0. The monoisotopic (exact) mass is 331 g/mol. The molecule has 24 heavy (non-hydrogen) atoms. The fraction of sp³-hybridized carbons (Fsp3) is 0.235. The van der Waals surface area contributed by atoms with Crippen molar-refractivity contribution in [2.45, 2.75) is 6.42 Å². The van der Waals surface area contributed by atoms with Gasteiger partial charge in [-0.15, -0.1) is 0 Å². The molecule has 0 aliphatic heterocycles. The summed E-state index contributed by atoms with van der Waals surface area (Å²) in [6.45, 7) is 0.355. The smallest absolute Gasteiger partial charge is 0.293 e. The quantitative estimate of drug-likeness (QED) is 0.652. The summed E-state index contributed by atoms with van der Waals surface area (Å²) in [6, 6.07) is 10.4. The van der Waals surface area contributed by atoms with E-state index in [4.69, 9.17) is 0 Å². The summed E-state index contributed by atoms with van der Waals surface area (Å²) in [5, 5.41) is 13.9. The summed E-state index contributed by atoms with van der Waals surface area (Å²) in [6.07, 6.45) is 0.546. The second-order valence-electron chi connectivity index (χ2n) is 5.49. The van der Waals surface area contributed by atoms with Crippen LogP contribution >= 0.6 is 0 Å². The summed E-state index contributed by atoms with van der Waals surface area (Å²) in [7, 11) is 3.40. The zero-order valence-corrected chi connectivity index (χ0v) is 13.5. The van der Waals surface area contributed by atoms with Crippen molar-refractivity contribution >= 4 is 17.3 Å². The number of carbonyl (C=O) groups is 1. The minimum atomic E-state index is -0.509. The maximum Gasteiger partial charge on any atom is 0.293 e. The van der Waals surface area contributed by atoms with Gasteiger partial charge in [0.25, 0.3) is 11.6 Å². The van der Waals surface area contributed by atoms with E-state index in [1.165, 1.54) is 18.2 Å². The molecule has 0 unspecified atom stereocenters. The SMILES string of the molecule is CN(C)c1ccc(C(=O)NCCc2ccc(F)cc2)cc1[N+](=O)[O-]. The first-order valence-corrected chi connectivity index (χ1v) is 7.37. The Bertz CT molecular complexity index is 745. The van der Waals surface area contributed by atoms with E-state index in [2.05, 4.69) is 5.32 Å². The van der Waals surface area contributed by atoms with Crippen LogP contribution < -0.4 is 10.2 Å². The first-order valence-electron chi connectivity index (χ1n) is 7.37. The topological polar surface area (TPSA) is 75.5 Å². The Morgan fingerprint density at radius 2 is 1.88 bits per heavy atom. The molecule has 2 rings (SSSR count). The average Bonchev–Trinajstić information content (AvgIpc) is 2.55. The lowest BCUT2D eigenvalue weighted by molar-refractivity contribution is -0.384. The van der Waals surface area contributed by atoms with Gasteiger partial charge in [-0.1, -0.05) is 12.1 Å². The van der Waals surface area contributed by atoms with E-state index in [1.54, 1.807) is 43.3 Å². The van der Waals surface area contributed by atoms with E-state index in [0.29, 0.717) is 18.7 Å². The van der Waals surface area contributed by atoms with Gasteiger partial charge in [-0.3, -0.25) is 14.9 Å². The van der Waals surface area contributed by atoms with Gasteiger partial charge in [-0.25, -0.2) is 4.39 Å². The van der Waals surface area contributed by atoms with Crippen LogP contribution in [0.2, 0.25) is 0 Å². The molecular formula is C17H18FN3O3. The molecule has 7 heteroatoms. The molecule has 2 aromatic rings. The standard InChI is InChI=1S/C17H18FN3O3/c1-20(2)15-8-5-13(11-16(15)21(23)24)17(22)19-10-9-12-3-6-14(18)7-4-12/h3-8,11H,9-10H2,1-2H3,(H,19,22). The normalized spacial score (nSPS) is 10.3. The molecule has 2 aromatic carbocycles. The largest absolute Gasteiger partial charge is 0.372 e. The van der Waals surface area contributed by atoms with Crippen LogP contribution in [-0.4, -0.2) is 31.5 Å². The number of rotatable bonds is 6. The highest BCUT2D eigenvalue weighted by molar-refractivity contribution is 5.95. The van der Waals surface area contributed by atoms with Crippen LogP contribution in [0.4, 0.5) is 15.8 Å². The second-order valence-corrected chi connectivity index (χ2v) is 5.49. The number of nitrogens with zero attached hydrogens (tertiary/aromatic N) is 2. The molecule has 0 aliphatic carbocycles. The maximum atomic E-state index is 12.8. The number of nitrogens with one attached hydrogen (secondary N) is 1. The van der Waals surface area contributed by atoms with Gasteiger partial charge in [0.1, 0.15) is 11.5 Å². The summed E-state index contributed by atoms with van der Waals surface area (Å²) in [5.74, 6) is -0.693. The highest BCUT2D eigenvalue weighted by atomic mass is 19.1. The molecule has 0 spiro atoms. The van der Waals surface area contributed by atoms with Crippen molar-refractivity contribution in [3.8, 4) is 0 Å². The lowest BCUT2D eigenvalue weighted by Crippen LogP contribution is -2.26. The molecule has 126 valence electrons. The zero-order valence-electron chi connectivity index (χ0n) is 13.5. The number of hydrogen-bond acceptors (Lipinski definition) is 4. The van der Waals surface area contributed by atoms with Crippen molar-refractivity contribution in [1.82, 2.24) is 5.32 Å². The molecule has 0 radical (unpaired) electrons. The minimum Gasteiger partial charge on any atom is -0.372 e. The molecular weight excluding hydrogens is 313 g/mol. The summed E-state index contributed by atoms with van der Waals surface area (Å²) in [5.41, 5.74) is 1.44. The Morgan fingerprint density at radius 1 is 1.21 bits per heavy atom. The van der Waals surface area contributed by atoms with Crippen molar-refractivity contribution in [3.63, 3.8) is 0 Å². The van der Waals surface area contributed by atoms with Crippen LogP contribution in [0.25, 0.3) is 0 Å². The predicted octanol–water partition coefficient (Wildman–Crippen LogP) is 2.77. The molecule has 0 heterocycles. The number of amides is 1. The molecule has 1 N–H and O–H groups in total. The molecule has 1 amide bonds. The van der Waals surface area contributed by atoms with Crippen molar-refractivity contribution < 1.29 is 14.1 Å².